The van der Waals surface area contributed by atoms with Crippen molar-refractivity contribution in [3.05, 3.63) is 58.4 Å². The van der Waals surface area contributed by atoms with Crippen LogP contribution in [-0.4, -0.2) is 43.7 Å². The Morgan fingerprint density at radius 1 is 1.36 bits per heavy atom. The number of nitrogens with zero attached hydrogens (tertiary/aromatic N) is 3. The number of hydrogen-bond acceptors (Lipinski definition) is 4. The van der Waals surface area contributed by atoms with Crippen molar-refractivity contribution >= 4 is 28.5 Å². The van der Waals surface area contributed by atoms with Crippen LogP contribution >= 0.6 is 11.6 Å². The third-order valence-electron chi connectivity index (χ3n) is 4.64. The van der Waals surface area contributed by atoms with Crippen molar-refractivity contribution in [2.45, 2.75) is 25.5 Å². The Morgan fingerprint density at radius 3 is 2.88 bits per heavy atom. The fourth-order valence-corrected chi connectivity index (χ4v) is 3.47. The zero-order valence-electron chi connectivity index (χ0n) is 13.6. The van der Waals surface area contributed by atoms with E-state index in [0.717, 1.165) is 16.6 Å². The number of H-pyrrole nitrogens is 1. The molecule has 1 fully saturated rings. The van der Waals surface area contributed by atoms with Gasteiger partial charge in [0, 0.05) is 28.8 Å². The van der Waals surface area contributed by atoms with Gasteiger partial charge in [0.2, 0.25) is 0 Å². The summed E-state index contributed by atoms with van der Waals surface area (Å²) in [6.07, 6.45) is 1.50. The van der Waals surface area contributed by atoms with E-state index in [1.54, 1.807) is 23.1 Å². The van der Waals surface area contributed by atoms with Gasteiger partial charge in [-0.15, -0.1) is 0 Å². The molecule has 2 aromatic heterocycles. The Morgan fingerprint density at radius 2 is 2.12 bits per heavy atom. The molecule has 4 rings (SSSR count). The number of benzene rings is 1. The molecule has 2 N–H and O–H groups in total. The monoisotopic (exact) mass is 356 g/mol. The summed E-state index contributed by atoms with van der Waals surface area (Å²) in [7, 11) is 0. The van der Waals surface area contributed by atoms with Crippen LogP contribution in [-0.2, 0) is 0 Å². The van der Waals surface area contributed by atoms with Gasteiger partial charge in [0.15, 0.2) is 5.65 Å². The summed E-state index contributed by atoms with van der Waals surface area (Å²) in [5, 5.41) is 18.5. The molecule has 6 nitrogen and oxygen atoms in total. The van der Waals surface area contributed by atoms with Crippen LogP contribution in [0, 0.1) is 6.92 Å². The predicted molar refractivity (Wildman–Crippen MR) is 94.5 cm³/mol. The number of hydrogen-bond donors (Lipinski definition) is 2. The smallest absolute Gasteiger partial charge is 0.256 e. The number of aliphatic hydroxyl groups is 1. The Balaban J connectivity index is 1.68. The van der Waals surface area contributed by atoms with Gasteiger partial charge < -0.3 is 10.0 Å². The Kier molecular flexibility index (Phi) is 3.94. The quantitative estimate of drug-likeness (QED) is 0.739. The highest BCUT2D eigenvalue weighted by molar-refractivity contribution is 6.30. The first kappa shape index (κ1) is 16.1. The van der Waals surface area contributed by atoms with Gasteiger partial charge in [-0.3, -0.25) is 9.89 Å². The van der Waals surface area contributed by atoms with Crippen LogP contribution < -0.4 is 0 Å². The highest BCUT2D eigenvalue weighted by Crippen LogP contribution is 2.34. The number of aliphatic hydroxyl groups excluding tert-OH is 1. The molecule has 0 bridgehead atoms. The maximum absolute atomic E-state index is 13.0. The third-order valence-corrected chi connectivity index (χ3v) is 4.89. The predicted octanol–water partition coefficient (Wildman–Crippen LogP) is 2.87. The molecule has 0 radical (unpaired) electrons. The molecule has 128 valence electrons. The Labute approximate surface area is 149 Å². The number of pyridine rings is 1. The number of halogens is 1. The average Bonchev–Trinajstić information content (AvgIpc) is 3.18. The first-order valence-electron chi connectivity index (χ1n) is 8.08. The summed E-state index contributed by atoms with van der Waals surface area (Å²) in [5.74, 6) is -0.147. The fraction of sp³-hybridized carbons (Fsp3) is 0.278. The van der Waals surface area contributed by atoms with Crippen molar-refractivity contribution in [1.29, 1.82) is 0 Å². The van der Waals surface area contributed by atoms with E-state index in [1.807, 2.05) is 19.1 Å². The highest BCUT2D eigenvalue weighted by atomic mass is 35.5. The maximum Gasteiger partial charge on any atom is 0.256 e. The van der Waals surface area contributed by atoms with Crippen LogP contribution in [0.3, 0.4) is 0 Å². The van der Waals surface area contributed by atoms with Crippen molar-refractivity contribution in [3.63, 3.8) is 0 Å². The summed E-state index contributed by atoms with van der Waals surface area (Å²) in [6, 6.07) is 9.01. The molecule has 3 heterocycles. The fourth-order valence-electron chi connectivity index (χ4n) is 3.34. The Hall–Kier alpha value is -2.44. The lowest BCUT2D eigenvalue weighted by Gasteiger charge is -2.25. The van der Waals surface area contributed by atoms with Crippen LogP contribution in [0.5, 0.6) is 0 Å². The van der Waals surface area contributed by atoms with Gasteiger partial charge in [0.25, 0.3) is 5.91 Å². The van der Waals surface area contributed by atoms with Crippen molar-refractivity contribution in [3.8, 4) is 0 Å². The molecule has 1 unspecified atom stereocenters. The number of fused-ring (bicyclic) bond motifs is 1. The van der Waals surface area contributed by atoms with E-state index in [2.05, 4.69) is 15.2 Å². The second kappa shape index (κ2) is 6.13. The summed E-state index contributed by atoms with van der Waals surface area (Å²) >= 11 is 5.95. The zero-order chi connectivity index (χ0) is 17.6. The number of nitrogens with one attached hydrogen (secondary N) is 1. The molecule has 0 aliphatic carbocycles. The summed E-state index contributed by atoms with van der Waals surface area (Å²) in [4.78, 5) is 19.0. The molecule has 0 spiro atoms. The van der Waals surface area contributed by atoms with E-state index >= 15 is 0 Å². The lowest BCUT2D eigenvalue weighted by atomic mass is 10.0. The van der Waals surface area contributed by atoms with Crippen LogP contribution in [0.2, 0.25) is 5.02 Å². The number of aromatic nitrogens is 3. The lowest BCUT2D eigenvalue weighted by molar-refractivity contribution is 0.0715. The van der Waals surface area contributed by atoms with E-state index < -0.39 is 6.10 Å². The second-order valence-electron chi connectivity index (χ2n) is 6.36. The van der Waals surface area contributed by atoms with Gasteiger partial charge in [-0.2, -0.15) is 5.10 Å². The van der Waals surface area contributed by atoms with Crippen molar-refractivity contribution < 1.29 is 9.90 Å². The van der Waals surface area contributed by atoms with Crippen LogP contribution in [0.1, 0.15) is 34.1 Å². The van der Waals surface area contributed by atoms with Gasteiger partial charge in [-0.1, -0.05) is 23.7 Å². The summed E-state index contributed by atoms with van der Waals surface area (Å²) in [6.45, 7) is 2.19. The first-order chi connectivity index (χ1) is 12.0. The molecular formula is C18H17ClN4O2. The molecule has 1 aliphatic rings. The number of aryl methyl sites for hydroxylation is 1. The molecule has 7 heteroatoms. The van der Waals surface area contributed by atoms with Crippen LogP contribution in [0.4, 0.5) is 0 Å². The normalized spacial score (nSPS) is 20.4. The van der Waals surface area contributed by atoms with E-state index in [-0.39, 0.29) is 11.9 Å². The van der Waals surface area contributed by atoms with E-state index in [9.17, 15) is 9.90 Å². The van der Waals surface area contributed by atoms with Gasteiger partial charge >= 0.3 is 0 Å². The van der Waals surface area contributed by atoms with Gasteiger partial charge in [-0.25, -0.2) is 4.98 Å². The maximum atomic E-state index is 13.0. The zero-order valence-corrected chi connectivity index (χ0v) is 14.4. The summed E-state index contributed by atoms with van der Waals surface area (Å²) in [5.41, 5.74) is 2.91. The second-order valence-corrected chi connectivity index (χ2v) is 6.79. The topological polar surface area (TPSA) is 82.1 Å². The van der Waals surface area contributed by atoms with Crippen molar-refractivity contribution in [2.75, 3.05) is 6.54 Å². The minimum Gasteiger partial charge on any atom is -0.391 e. The molecule has 1 saturated heterocycles. The average molecular weight is 357 g/mol. The minimum atomic E-state index is -0.544. The molecule has 2 atom stereocenters. The van der Waals surface area contributed by atoms with Crippen molar-refractivity contribution in [1.82, 2.24) is 20.1 Å². The molecule has 3 aromatic rings. The number of rotatable bonds is 2. The summed E-state index contributed by atoms with van der Waals surface area (Å²) < 4.78 is 0. The van der Waals surface area contributed by atoms with Crippen LogP contribution in [0.25, 0.3) is 11.0 Å². The number of amides is 1. The molecule has 1 aromatic carbocycles. The number of carbonyl (C=O) groups excluding carboxylic acids is 1. The number of β-amino-alcohol motifs (C(OH)–C–C–N with tert-alkyl or cyclic N) is 1. The highest BCUT2D eigenvalue weighted by Gasteiger charge is 2.35. The minimum absolute atomic E-state index is 0.147. The number of aromatic amines is 1. The SMILES string of the molecule is Cc1[nH]nc2ncc(C(=O)N3C[C@@H](O)CC3c3ccc(Cl)cc3)cc12. The molecular weight excluding hydrogens is 340 g/mol. The van der Waals surface area contributed by atoms with Crippen molar-refractivity contribution in [2.24, 2.45) is 0 Å². The largest absolute Gasteiger partial charge is 0.391 e. The molecule has 1 aliphatic heterocycles. The Bertz CT molecular complexity index is 938. The van der Waals surface area contributed by atoms with E-state index in [1.165, 1.54) is 6.20 Å². The van der Waals surface area contributed by atoms with Crippen LogP contribution in [0.15, 0.2) is 36.5 Å². The van der Waals surface area contributed by atoms with E-state index in [0.29, 0.717) is 29.2 Å². The van der Waals surface area contributed by atoms with E-state index in [4.69, 9.17) is 11.6 Å². The van der Waals surface area contributed by atoms with Gasteiger partial charge in [-0.05, 0) is 37.1 Å². The van der Waals surface area contributed by atoms with Gasteiger partial charge in [0.05, 0.1) is 17.7 Å². The number of carbonyl (C=O) groups is 1. The molecule has 25 heavy (non-hydrogen) atoms. The molecule has 1 amide bonds. The lowest BCUT2D eigenvalue weighted by Crippen LogP contribution is -2.31. The first-order valence-corrected chi connectivity index (χ1v) is 8.46. The van der Waals surface area contributed by atoms with Gasteiger partial charge in [0.1, 0.15) is 0 Å². The standard InChI is InChI=1S/C18H17ClN4O2/c1-10-15-6-12(8-20-17(15)22-21-10)18(25)23-9-14(24)7-16(23)11-2-4-13(19)5-3-11/h2-6,8,14,16,24H,7,9H2,1H3,(H,20,21,22)/t14-,16?/m0/s1. The molecule has 0 saturated carbocycles. The number of likely N-dealkylation sites (tertiary alicyclic amines) is 1. The third kappa shape index (κ3) is 2.88.